The Kier molecular flexibility index (Phi) is 4.01. The molecule has 3 rings (SSSR count). The molecule has 0 aromatic heterocycles. The Bertz CT molecular complexity index is 828. The lowest BCUT2D eigenvalue weighted by Gasteiger charge is -2.33. The number of hydrogen-bond donors (Lipinski definition) is 0. The van der Waals surface area contributed by atoms with Gasteiger partial charge in [0, 0.05) is 24.5 Å². The molecule has 0 radical (unpaired) electrons. The summed E-state index contributed by atoms with van der Waals surface area (Å²) in [7, 11) is 0. The molecule has 122 valence electrons. The van der Waals surface area contributed by atoms with E-state index in [0.717, 1.165) is 0 Å². The topological polar surface area (TPSA) is 77.5 Å². The summed E-state index contributed by atoms with van der Waals surface area (Å²) in [4.78, 5) is 48.6. The third kappa shape index (κ3) is 2.62. The maximum Gasteiger partial charge on any atom is 0.307 e. The van der Waals surface area contributed by atoms with Gasteiger partial charge < -0.3 is 4.74 Å². The first-order valence-corrected chi connectivity index (χ1v) is 7.66. The summed E-state index contributed by atoms with van der Waals surface area (Å²) in [5, 5.41) is 0. The van der Waals surface area contributed by atoms with Gasteiger partial charge in [-0.15, -0.1) is 0 Å². The zero-order chi connectivity index (χ0) is 17.4. The van der Waals surface area contributed by atoms with Gasteiger partial charge in [-0.05, 0) is 12.5 Å². The first kappa shape index (κ1) is 16.1. The van der Waals surface area contributed by atoms with E-state index in [1.165, 1.54) is 13.8 Å². The molecule has 0 saturated carbocycles. The molecule has 1 aromatic rings. The van der Waals surface area contributed by atoms with Crippen molar-refractivity contribution in [3.05, 3.63) is 58.9 Å². The summed E-state index contributed by atoms with van der Waals surface area (Å²) < 4.78 is 5.27. The minimum absolute atomic E-state index is 0.0471. The summed E-state index contributed by atoms with van der Waals surface area (Å²) in [6, 6.07) is 6.62. The monoisotopic (exact) mass is 324 g/mol. The van der Waals surface area contributed by atoms with Crippen molar-refractivity contribution in [3.63, 3.8) is 0 Å². The molecule has 5 heteroatoms. The first-order valence-electron chi connectivity index (χ1n) is 7.66. The molecule has 2 aliphatic carbocycles. The lowest BCUT2D eigenvalue weighted by Crippen LogP contribution is -2.39. The molecule has 24 heavy (non-hydrogen) atoms. The molecule has 0 aliphatic heterocycles. The van der Waals surface area contributed by atoms with Crippen LogP contribution in [0.1, 0.15) is 41.0 Å². The predicted octanol–water partition coefficient (Wildman–Crippen LogP) is 2.66. The second-order valence-electron chi connectivity index (χ2n) is 6.00. The molecule has 2 atom stereocenters. The number of Topliss-reactive ketones (excluding diaryl/α,β-unsaturated/α-hetero) is 3. The van der Waals surface area contributed by atoms with Gasteiger partial charge in [0.1, 0.15) is 11.5 Å². The Balaban J connectivity index is 2.15. The lowest BCUT2D eigenvalue weighted by atomic mass is 9.70. The van der Waals surface area contributed by atoms with Crippen molar-refractivity contribution < 1.29 is 23.9 Å². The first-order chi connectivity index (χ1) is 11.4. The highest BCUT2D eigenvalue weighted by Gasteiger charge is 2.45. The van der Waals surface area contributed by atoms with Crippen molar-refractivity contribution in [1.82, 2.24) is 0 Å². The molecule has 0 saturated heterocycles. The van der Waals surface area contributed by atoms with Crippen molar-refractivity contribution in [3.8, 4) is 0 Å². The molecule has 1 aromatic carbocycles. The van der Waals surface area contributed by atoms with E-state index in [1.54, 1.807) is 36.4 Å². The van der Waals surface area contributed by atoms with Crippen LogP contribution in [0.3, 0.4) is 0 Å². The molecule has 0 N–H and O–H groups in total. The van der Waals surface area contributed by atoms with Gasteiger partial charge in [-0.2, -0.15) is 0 Å². The fraction of sp³-hybridized carbons (Fsp3) is 0.263. The van der Waals surface area contributed by atoms with Gasteiger partial charge in [0.05, 0.1) is 11.8 Å². The van der Waals surface area contributed by atoms with E-state index in [1.807, 2.05) is 0 Å². The van der Waals surface area contributed by atoms with Gasteiger partial charge in [-0.1, -0.05) is 36.4 Å². The van der Waals surface area contributed by atoms with E-state index in [4.69, 9.17) is 4.74 Å². The summed E-state index contributed by atoms with van der Waals surface area (Å²) >= 11 is 0. The molecule has 5 nitrogen and oxygen atoms in total. The van der Waals surface area contributed by atoms with Crippen molar-refractivity contribution in [2.75, 3.05) is 0 Å². The summed E-state index contributed by atoms with van der Waals surface area (Å²) in [5.74, 6) is -2.63. The van der Waals surface area contributed by atoms with E-state index in [2.05, 4.69) is 0 Å². The van der Waals surface area contributed by atoms with E-state index in [-0.39, 0.29) is 29.5 Å². The second-order valence-corrected chi connectivity index (χ2v) is 6.00. The van der Waals surface area contributed by atoms with Gasteiger partial charge in [0.25, 0.3) is 0 Å². The van der Waals surface area contributed by atoms with Gasteiger partial charge in [-0.3, -0.25) is 19.2 Å². The molecule has 0 fully saturated rings. The van der Waals surface area contributed by atoms with Crippen LogP contribution in [0.5, 0.6) is 0 Å². The molecule has 0 amide bonds. The largest absolute Gasteiger partial charge is 0.430 e. The smallest absolute Gasteiger partial charge is 0.307 e. The molecule has 2 unspecified atom stereocenters. The quantitative estimate of drug-likeness (QED) is 0.799. The van der Waals surface area contributed by atoms with Gasteiger partial charge in [-0.25, -0.2) is 0 Å². The molecule has 0 heterocycles. The standard InChI is InChI=1S/C19H16O5/c1-10(20)9-12-7-8-15-16(19(12)24-11(2)21)18(23)14-6-4-3-5-13(14)17(15)22/h3-8,15-16H,9H2,1-2H3. The SMILES string of the molecule is CC(=O)CC1=C(OC(C)=O)C2C(=O)c3ccccc3C(=O)C2C=C1. The molecule has 0 spiro atoms. The number of carbonyl (C=O) groups excluding carboxylic acids is 4. The predicted molar refractivity (Wildman–Crippen MR) is 85.3 cm³/mol. The fourth-order valence-electron chi connectivity index (χ4n) is 3.25. The number of carbonyl (C=O) groups is 4. The van der Waals surface area contributed by atoms with Crippen molar-refractivity contribution in [1.29, 1.82) is 0 Å². The van der Waals surface area contributed by atoms with Crippen LogP contribution in [0.25, 0.3) is 0 Å². The van der Waals surface area contributed by atoms with Crippen LogP contribution < -0.4 is 0 Å². The maximum absolute atomic E-state index is 12.9. The highest BCUT2D eigenvalue weighted by Crippen LogP contribution is 2.40. The van der Waals surface area contributed by atoms with Crippen molar-refractivity contribution >= 4 is 23.3 Å². The fourth-order valence-corrected chi connectivity index (χ4v) is 3.25. The van der Waals surface area contributed by atoms with E-state index in [0.29, 0.717) is 16.7 Å². The number of fused-ring (bicyclic) bond motifs is 2. The number of esters is 1. The third-order valence-corrected chi connectivity index (χ3v) is 4.20. The number of allylic oxidation sites excluding steroid dienone is 4. The van der Waals surface area contributed by atoms with Crippen molar-refractivity contribution in [2.24, 2.45) is 11.8 Å². The highest BCUT2D eigenvalue weighted by atomic mass is 16.5. The molecular formula is C19H16O5. The van der Waals surface area contributed by atoms with Crippen LogP contribution in [0.15, 0.2) is 47.7 Å². The van der Waals surface area contributed by atoms with Crippen LogP contribution >= 0.6 is 0 Å². The zero-order valence-corrected chi connectivity index (χ0v) is 13.4. The number of ether oxygens (including phenoxy) is 1. The third-order valence-electron chi connectivity index (χ3n) is 4.20. The number of rotatable bonds is 3. The summed E-state index contributed by atoms with van der Waals surface area (Å²) in [6.45, 7) is 2.65. The number of hydrogen-bond acceptors (Lipinski definition) is 5. The average Bonchev–Trinajstić information content (AvgIpc) is 2.53. The Morgan fingerprint density at radius 2 is 1.67 bits per heavy atom. The van der Waals surface area contributed by atoms with Crippen LogP contribution in [-0.2, 0) is 14.3 Å². The summed E-state index contributed by atoms with van der Waals surface area (Å²) in [5.41, 5.74) is 1.18. The van der Waals surface area contributed by atoms with E-state index < -0.39 is 17.8 Å². The van der Waals surface area contributed by atoms with Crippen molar-refractivity contribution in [2.45, 2.75) is 20.3 Å². The minimum atomic E-state index is -0.893. The van der Waals surface area contributed by atoms with Crippen LogP contribution in [0.4, 0.5) is 0 Å². The Labute approximate surface area is 139 Å². The maximum atomic E-state index is 12.9. The number of benzene rings is 1. The van der Waals surface area contributed by atoms with Gasteiger partial charge >= 0.3 is 5.97 Å². The molecule has 2 aliphatic rings. The Morgan fingerprint density at radius 3 is 2.25 bits per heavy atom. The summed E-state index contributed by atoms with van der Waals surface area (Å²) in [6.07, 6.45) is 3.29. The normalized spacial score (nSPS) is 22.1. The van der Waals surface area contributed by atoms with Crippen LogP contribution in [0, 0.1) is 11.8 Å². The van der Waals surface area contributed by atoms with Crippen LogP contribution in [-0.4, -0.2) is 23.3 Å². The van der Waals surface area contributed by atoms with Crippen LogP contribution in [0.2, 0.25) is 0 Å². The van der Waals surface area contributed by atoms with E-state index in [9.17, 15) is 19.2 Å². The lowest BCUT2D eigenvalue weighted by molar-refractivity contribution is -0.137. The van der Waals surface area contributed by atoms with Gasteiger partial charge in [0.15, 0.2) is 11.6 Å². The Hall–Kier alpha value is -2.82. The van der Waals surface area contributed by atoms with Gasteiger partial charge in [0.2, 0.25) is 0 Å². The zero-order valence-electron chi connectivity index (χ0n) is 13.4. The average molecular weight is 324 g/mol. The number of ketones is 3. The van der Waals surface area contributed by atoms with E-state index >= 15 is 0 Å². The minimum Gasteiger partial charge on any atom is -0.430 e. The Morgan fingerprint density at radius 1 is 1.04 bits per heavy atom. The second kappa shape index (κ2) is 6.00. The highest BCUT2D eigenvalue weighted by molar-refractivity contribution is 6.17. The molecular weight excluding hydrogens is 308 g/mol. The molecule has 0 bridgehead atoms.